The van der Waals surface area contributed by atoms with Crippen molar-refractivity contribution in [3.8, 4) is 5.75 Å². The highest BCUT2D eigenvalue weighted by atomic mass is 32.2. The van der Waals surface area contributed by atoms with Gasteiger partial charge in [0.15, 0.2) is 0 Å². The number of benzene rings is 3. The van der Waals surface area contributed by atoms with Crippen LogP contribution in [0.2, 0.25) is 0 Å². The molecular formula is C17H12BF3N2O3S. The summed E-state index contributed by atoms with van der Waals surface area (Å²) in [6, 6.07) is 17.0. The van der Waals surface area contributed by atoms with E-state index < -0.39 is 28.4 Å². The second kappa shape index (κ2) is 6.09. The molecule has 0 aliphatic carbocycles. The van der Waals surface area contributed by atoms with Crippen molar-refractivity contribution in [1.82, 2.24) is 0 Å². The summed E-state index contributed by atoms with van der Waals surface area (Å²) in [7, 11) is -5.72. The summed E-state index contributed by atoms with van der Waals surface area (Å²) in [5, 5.41) is 8.56. The molecule has 10 heteroatoms. The zero-order valence-corrected chi connectivity index (χ0v) is 14.4. The van der Waals surface area contributed by atoms with Crippen LogP contribution in [0.4, 0.5) is 24.5 Å². The Morgan fingerprint density at radius 2 is 1.48 bits per heavy atom. The first-order chi connectivity index (χ1) is 12.7. The second-order valence-corrected chi connectivity index (χ2v) is 7.52. The molecule has 1 aliphatic heterocycles. The lowest BCUT2D eigenvalue weighted by Gasteiger charge is -2.27. The molecule has 0 amide bonds. The normalized spacial score (nSPS) is 13.8. The molecule has 0 aromatic heterocycles. The van der Waals surface area contributed by atoms with Crippen LogP contribution in [0, 0.1) is 0 Å². The summed E-state index contributed by atoms with van der Waals surface area (Å²) >= 11 is 0. The van der Waals surface area contributed by atoms with E-state index in [-0.39, 0.29) is 0 Å². The van der Waals surface area contributed by atoms with Gasteiger partial charge in [0.1, 0.15) is 5.75 Å². The quantitative estimate of drug-likeness (QED) is 0.407. The van der Waals surface area contributed by atoms with Crippen LogP contribution < -0.4 is 20.1 Å². The molecule has 138 valence electrons. The molecule has 0 spiro atoms. The standard InChI is InChI=1S/C17H12BF3N2O3S/c19-17(20,21)27(24,25)26-13-7-3-6-12(10-13)18-22-14-8-1-4-11-5-2-9-15(23-18)16(11)14/h1-10,22-23H. The molecule has 2 N–H and O–H groups in total. The molecule has 0 bridgehead atoms. The van der Waals surface area contributed by atoms with E-state index in [4.69, 9.17) is 0 Å². The van der Waals surface area contributed by atoms with Gasteiger partial charge < -0.3 is 14.6 Å². The van der Waals surface area contributed by atoms with E-state index in [2.05, 4.69) is 14.6 Å². The van der Waals surface area contributed by atoms with Gasteiger partial charge in [-0.1, -0.05) is 36.4 Å². The molecule has 4 rings (SSSR count). The van der Waals surface area contributed by atoms with Crippen molar-refractivity contribution in [2.75, 3.05) is 10.5 Å². The summed E-state index contributed by atoms with van der Waals surface area (Å²) in [5.41, 5.74) is -3.24. The Balaban J connectivity index is 1.66. The molecule has 1 aliphatic rings. The van der Waals surface area contributed by atoms with Crippen LogP contribution in [0.1, 0.15) is 0 Å². The molecule has 0 saturated carbocycles. The molecule has 5 nitrogen and oxygen atoms in total. The van der Waals surface area contributed by atoms with Crippen LogP contribution in [0.25, 0.3) is 10.8 Å². The Morgan fingerprint density at radius 3 is 2.07 bits per heavy atom. The van der Waals surface area contributed by atoms with Crippen LogP contribution in [-0.4, -0.2) is 20.9 Å². The fourth-order valence-corrected chi connectivity index (χ4v) is 3.47. The van der Waals surface area contributed by atoms with Gasteiger partial charge >= 0.3 is 22.6 Å². The Kier molecular flexibility index (Phi) is 3.95. The molecule has 3 aromatic rings. The van der Waals surface area contributed by atoms with Crippen molar-refractivity contribution in [3.63, 3.8) is 0 Å². The van der Waals surface area contributed by atoms with Gasteiger partial charge in [0, 0.05) is 16.8 Å². The van der Waals surface area contributed by atoms with Crippen LogP contribution in [0.3, 0.4) is 0 Å². The molecular weight excluding hydrogens is 380 g/mol. The summed E-state index contributed by atoms with van der Waals surface area (Å²) < 4.78 is 64.2. The van der Waals surface area contributed by atoms with Crippen molar-refractivity contribution >= 4 is 44.7 Å². The first kappa shape index (κ1) is 17.5. The lowest BCUT2D eigenvalue weighted by molar-refractivity contribution is -0.0500. The zero-order chi connectivity index (χ0) is 19.2. The molecule has 0 radical (unpaired) electrons. The maximum absolute atomic E-state index is 12.5. The van der Waals surface area contributed by atoms with E-state index in [1.54, 1.807) is 6.07 Å². The molecule has 0 fully saturated rings. The topological polar surface area (TPSA) is 67.4 Å². The first-order valence-electron chi connectivity index (χ1n) is 7.90. The zero-order valence-electron chi connectivity index (χ0n) is 13.6. The molecule has 0 unspecified atom stereocenters. The molecule has 0 atom stereocenters. The smallest absolute Gasteiger partial charge is 0.405 e. The number of rotatable bonds is 3. The number of alkyl halides is 3. The SMILES string of the molecule is O=S(=O)(Oc1cccc(B2Nc3cccc4cccc(c34)N2)c1)C(F)(F)F. The van der Waals surface area contributed by atoms with Gasteiger partial charge in [-0.25, -0.2) is 0 Å². The fraction of sp³-hybridized carbons (Fsp3) is 0.0588. The Bertz CT molecular complexity index is 1090. The predicted molar refractivity (Wildman–Crippen MR) is 98.6 cm³/mol. The summed E-state index contributed by atoms with van der Waals surface area (Å²) in [5.74, 6) is -0.412. The minimum absolute atomic E-state index is 0.412. The monoisotopic (exact) mass is 392 g/mol. The second-order valence-electron chi connectivity index (χ2n) is 5.99. The summed E-state index contributed by atoms with van der Waals surface area (Å²) in [6.07, 6.45) is 0. The van der Waals surface area contributed by atoms with Crippen LogP contribution >= 0.6 is 0 Å². The van der Waals surface area contributed by atoms with Gasteiger partial charge in [0.05, 0.1) is 0 Å². The van der Waals surface area contributed by atoms with Gasteiger partial charge in [-0.15, -0.1) is 0 Å². The molecule has 3 aromatic carbocycles. The molecule has 1 heterocycles. The van der Waals surface area contributed by atoms with E-state index in [1.807, 2.05) is 36.4 Å². The van der Waals surface area contributed by atoms with Crippen molar-refractivity contribution in [1.29, 1.82) is 0 Å². The maximum atomic E-state index is 12.5. The van der Waals surface area contributed by atoms with Crippen molar-refractivity contribution < 1.29 is 25.8 Å². The number of hydrogen-bond donors (Lipinski definition) is 2. The molecule has 27 heavy (non-hydrogen) atoms. The average molecular weight is 392 g/mol. The van der Waals surface area contributed by atoms with Crippen LogP contribution in [0.5, 0.6) is 5.75 Å². The van der Waals surface area contributed by atoms with Gasteiger partial charge in [-0.05, 0) is 35.1 Å². The third-order valence-corrected chi connectivity index (χ3v) is 5.16. The number of anilines is 2. The van der Waals surface area contributed by atoms with E-state index >= 15 is 0 Å². The van der Waals surface area contributed by atoms with Crippen molar-refractivity contribution in [3.05, 3.63) is 60.7 Å². The maximum Gasteiger partial charge on any atom is 0.534 e. The van der Waals surface area contributed by atoms with Crippen LogP contribution in [-0.2, 0) is 10.1 Å². The van der Waals surface area contributed by atoms with Gasteiger partial charge in [-0.3, -0.25) is 0 Å². The van der Waals surface area contributed by atoms with Gasteiger partial charge in [-0.2, -0.15) is 21.6 Å². The largest absolute Gasteiger partial charge is 0.534 e. The third-order valence-electron chi connectivity index (χ3n) is 4.19. The minimum atomic E-state index is -5.72. The van der Waals surface area contributed by atoms with E-state index in [1.165, 1.54) is 12.1 Å². The van der Waals surface area contributed by atoms with E-state index in [9.17, 15) is 21.6 Å². The average Bonchev–Trinajstić information content (AvgIpc) is 2.61. The fourth-order valence-electron chi connectivity index (χ4n) is 3.02. The number of halogens is 3. The van der Waals surface area contributed by atoms with E-state index in [0.29, 0.717) is 5.46 Å². The summed E-state index contributed by atoms with van der Waals surface area (Å²) in [4.78, 5) is 0. The van der Waals surface area contributed by atoms with Crippen LogP contribution in [0.15, 0.2) is 60.7 Å². The first-order valence-corrected chi connectivity index (χ1v) is 9.31. The Labute approximate surface area is 153 Å². The van der Waals surface area contributed by atoms with Gasteiger partial charge in [0.2, 0.25) is 0 Å². The molecule has 0 saturated heterocycles. The van der Waals surface area contributed by atoms with E-state index in [0.717, 1.165) is 28.2 Å². The highest BCUT2D eigenvalue weighted by molar-refractivity contribution is 7.88. The lowest BCUT2D eigenvalue weighted by atomic mass is 9.66. The minimum Gasteiger partial charge on any atom is -0.405 e. The number of hydrogen-bond acceptors (Lipinski definition) is 5. The van der Waals surface area contributed by atoms with Gasteiger partial charge in [0.25, 0.3) is 0 Å². The predicted octanol–water partition coefficient (Wildman–Crippen LogP) is 3.30. The highest BCUT2D eigenvalue weighted by Crippen LogP contribution is 2.34. The third kappa shape index (κ3) is 3.16. The summed E-state index contributed by atoms with van der Waals surface area (Å²) in [6.45, 7) is -0.470. The highest BCUT2D eigenvalue weighted by Gasteiger charge is 2.48. The Morgan fingerprint density at radius 1 is 0.889 bits per heavy atom. The lowest BCUT2D eigenvalue weighted by Crippen LogP contribution is -2.47. The van der Waals surface area contributed by atoms with Crippen molar-refractivity contribution in [2.24, 2.45) is 0 Å². The van der Waals surface area contributed by atoms with Crippen molar-refractivity contribution in [2.45, 2.75) is 5.51 Å². The number of nitrogens with one attached hydrogen (secondary N) is 2. The Hall–Kier alpha value is -2.88.